The van der Waals surface area contributed by atoms with Crippen molar-refractivity contribution in [3.05, 3.63) is 0 Å². The summed E-state index contributed by atoms with van der Waals surface area (Å²) in [6.07, 6.45) is 18.7. The molecule has 0 aromatic heterocycles. The fourth-order valence-electron chi connectivity index (χ4n) is 5.46. The zero-order valence-electron chi connectivity index (χ0n) is 18.0. The Labute approximate surface area is 171 Å². The molecular formula is C23H42N4O. The number of carbonyl (C=O) groups is 1. The quantitative estimate of drug-likeness (QED) is 0.505. The largest absolute Gasteiger partial charge is 0.369 e. The van der Waals surface area contributed by atoms with E-state index in [1.165, 1.54) is 83.5 Å². The van der Waals surface area contributed by atoms with Crippen LogP contribution in [0.2, 0.25) is 0 Å². The Morgan fingerprint density at radius 2 is 1.57 bits per heavy atom. The molecule has 0 bridgehead atoms. The number of hydrogen-bond donors (Lipinski definition) is 2. The van der Waals surface area contributed by atoms with E-state index >= 15 is 0 Å². The van der Waals surface area contributed by atoms with E-state index in [1.807, 2.05) is 0 Å². The molecule has 3 N–H and O–H groups in total. The number of nitrogens with zero attached hydrogens (tertiary/aromatic N) is 2. The maximum Gasteiger partial charge on any atom is 0.229 e. The first-order valence-corrected chi connectivity index (χ1v) is 11.9. The minimum atomic E-state index is 0.122. The molecule has 160 valence electrons. The van der Waals surface area contributed by atoms with Crippen LogP contribution in [0.25, 0.3) is 0 Å². The van der Waals surface area contributed by atoms with Gasteiger partial charge in [-0.15, -0.1) is 0 Å². The number of rotatable bonds is 7. The minimum absolute atomic E-state index is 0.122. The molecule has 0 saturated heterocycles. The summed E-state index contributed by atoms with van der Waals surface area (Å²) < 4.78 is 0. The van der Waals surface area contributed by atoms with Crippen LogP contribution in [0.4, 0.5) is 0 Å². The fraction of sp³-hybridized carbons (Fsp3) is 0.913. The number of carbonyl (C=O) groups excluding carboxylic acids is 1. The molecule has 3 saturated carbocycles. The zero-order valence-corrected chi connectivity index (χ0v) is 18.0. The predicted molar refractivity (Wildman–Crippen MR) is 116 cm³/mol. The molecule has 3 rings (SSSR count). The third-order valence-corrected chi connectivity index (χ3v) is 7.33. The Kier molecular flexibility index (Phi) is 8.63. The first-order valence-electron chi connectivity index (χ1n) is 11.9. The van der Waals surface area contributed by atoms with E-state index < -0.39 is 0 Å². The van der Waals surface area contributed by atoms with Crippen molar-refractivity contribution in [2.24, 2.45) is 22.6 Å². The van der Waals surface area contributed by atoms with Crippen LogP contribution in [0.1, 0.15) is 96.3 Å². The van der Waals surface area contributed by atoms with Gasteiger partial charge in [0, 0.05) is 32.1 Å². The van der Waals surface area contributed by atoms with Crippen molar-refractivity contribution in [2.75, 3.05) is 13.6 Å². The van der Waals surface area contributed by atoms with Gasteiger partial charge in [-0.2, -0.15) is 0 Å². The van der Waals surface area contributed by atoms with E-state index in [0.717, 1.165) is 24.9 Å². The van der Waals surface area contributed by atoms with Crippen molar-refractivity contribution in [1.29, 1.82) is 0 Å². The van der Waals surface area contributed by atoms with Gasteiger partial charge in [0.05, 0.1) is 0 Å². The lowest BCUT2D eigenvalue weighted by atomic mass is 9.85. The SMILES string of the molecule is CN(C(=O)CCC1CCCCC1)C(N)=NC[C@H]1CCC[C@@H](NC2CCCC2)C1. The van der Waals surface area contributed by atoms with Gasteiger partial charge < -0.3 is 11.1 Å². The third kappa shape index (κ3) is 6.75. The molecule has 5 nitrogen and oxygen atoms in total. The van der Waals surface area contributed by atoms with Crippen LogP contribution in [0, 0.1) is 11.8 Å². The van der Waals surface area contributed by atoms with Crippen LogP contribution < -0.4 is 11.1 Å². The molecule has 3 aliphatic rings. The summed E-state index contributed by atoms with van der Waals surface area (Å²) in [6.45, 7) is 0.759. The van der Waals surface area contributed by atoms with Crippen molar-refractivity contribution in [3.8, 4) is 0 Å². The van der Waals surface area contributed by atoms with Crippen molar-refractivity contribution >= 4 is 11.9 Å². The van der Waals surface area contributed by atoms with Crippen molar-refractivity contribution in [1.82, 2.24) is 10.2 Å². The van der Waals surface area contributed by atoms with Crippen LogP contribution in [0.15, 0.2) is 4.99 Å². The van der Waals surface area contributed by atoms with Gasteiger partial charge >= 0.3 is 0 Å². The maximum atomic E-state index is 12.5. The van der Waals surface area contributed by atoms with Gasteiger partial charge in [-0.1, -0.05) is 51.4 Å². The predicted octanol–water partition coefficient (Wildman–Crippen LogP) is 4.21. The molecule has 3 aliphatic carbocycles. The second-order valence-corrected chi connectivity index (χ2v) is 9.57. The molecule has 0 heterocycles. The Balaban J connectivity index is 1.38. The van der Waals surface area contributed by atoms with Crippen LogP contribution in [-0.4, -0.2) is 42.4 Å². The van der Waals surface area contributed by atoms with Crippen molar-refractivity contribution in [3.63, 3.8) is 0 Å². The first kappa shape index (κ1) is 21.6. The molecule has 0 radical (unpaired) electrons. The number of guanidine groups is 1. The van der Waals surface area contributed by atoms with E-state index in [9.17, 15) is 4.79 Å². The molecule has 1 amide bonds. The Morgan fingerprint density at radius 1 is 0.929 bits per heavy atom. The number of nitrogens with one attached hydrogen (secondary N) is 1. The highest BCUT2D eigenvalue weighted by atomic mass is 16.2. The third-order valence-electron chi connectivity index (χ3n) is 7.33. The second kappa shape index (κ2) is 11.2. The fourth-order valence-corrected chi connectivity index (χ4v) is 5.46. The summed E-state index contributed by atoms with van der Waals surface area (Å²) in [6, 6.07) is 1.39. The average Bonchev–Trinajstić information content (AvgIpc) is 3.23. The first-order chi connectivity index (χ1) is 13.6. The minimum Gasteiger partial charge on any atom is -0.369 e. The van der Waals surface area contributed by atoms with Gasteiger partial charge in [0.15, 0.2) is 5.96 Å². The maximum absolute atomic E-state index is 12.5. The van der Waals surface area contributed by atoms with E-state index in [0.29, 0.717) is 24.3 Å². The van der Waals surface area contributed by atoms with Crippen LogP contribution >= 0.6 is 0 Å². The highest BCUT2D eigenvalue weighted by Crippen LogP contribution is 2.28. The number of aliphatic imine (C=N–C) groups is 1. The number of nitrogens with two attached hydrogens (primary N) is 1. The number of hydrogen-bond acceptors (Lipinski definition) is 3. The van der Waals surface area contributed by atoms with Crippen LogP contribution in [0.3, 0.4) is 0 Å². The molecular weight excluding hydrogens is 348 g/mol. The standard InChI is InChI=1S/C23H42N4O/c1-27(22(28)15-14-18-8-3-2-4-9-18)23(24)25-17-19-10-7-13-21(16-19)26-20-11-5-6-12-20/h18-21,26H,2-17H2,1H3,(H2,24,25)/t19-,21+/m0/s1. The zero-order chi connectivity index (χ0) is 19.8. The van der Waals surface area contributed by atoms with Crippen LogP contribution in [-0.2, 0) is 4.79 Å². The van der Waals surface area contributed by atoms with E-state index in [2.05, 4.69) is 10.3 Å². The lowest BCUT2D eigenvalue weighted by molar-refractivity contribution is -0.126. The molecule has 0 unspecified atom stereocenters. The summed E-state index contributed by atoms with van der Waals surface area (Å²) in [5.74, 6) is 1.85. The topological polar surface area (TPSA) is 70.7 Å². The van der Waals surface area contributed by atoms with E-state index in [1.54, 1.807) is 11.9 Å². The highest BCUT2D eigenvalue weighted by molar-refractivity contribution is 5.95. The summed E-state index contributed by atoms with van der Waals surface area (Å²) in [7, 11) is 1.79. The summed E-state index contributed by atoms with van der Waals surface area (Å²) in [5, 5.41) is 3.88. The monoisotopic (exact) mass is 390 g/mol. The normalized spacial score (nSPS) is 27.8. The molecule has 0 aromatic rings. The van der Waals surface area contributed by atoms with E-state index in [4.69, 9.17) is 5.73 Å². The summed E-state index contributed by atoms with van der Waals surface area (Å²) in [5.41, 5.74) is 6.15. The number of amides is 1. The molecule has 0 spiro atoms. The highest BCUT2D eigenvalue weighted by Gasteiger charge is 2.25. The van der Waals surface area contributed by atoms with Gasteiger partial charge in [0.2, 0.25) is 5.91 Å². The van der Waals surface area contributed by atoms with E-state index in [-0.39, 0.29) is 5.91 Å². The van der Waals surface area contributed by atoms with Crippen molar-refractivity contribution in [2.45, 2.75) is 108 Å². The Bertz CT molecular complexity index is 509. The van der Waals surface area contributed by atoms with Gasteiger partial charge in [-0.25, -0.2) is 0 Å². The molecule has 0 aromatic carbocycles. The second-order valence-electron chi connectivity index (χ2n) is 9.57. The lowest BCUT2D eigenvalue weighted by Gasteiger charge is -2.31. The Hall–Kier alpha value is -1.10. The molecule has 0 aliphatic heterocycles. The Morgan fingerprint density at radius 3 is 2.32 bits per heavy atom. The van der Waals surface area contributed by atoms with Gasteiger partial charge in [-0.3, -0.25) is 14.7 Å². The van der Waals surface area contributed by atoms with Crippen LogP contribution in [0.5, 0.6) is 0 Å². The van der Waals surface area contributed by atoms with Gasteiger partial charge in [0.25, 0.3) is 0 Å². The molecule has 28 heavy (non-hydrogen) atoms. The van der Waals surface area contributed by atoms with Gasteiger partial charge in [0.1, 0.15) is 0 Å². The van der Waals surface area contributed by atoms with Gasteiger partial charge in [-0.05, 0) is 50.4 Å². The lowest BCUT2D eigenvalue weighted by Crippen LogP contribution is -2.41. The molecule has 5 heteroatoms. The summed E-state index contributed by atoms with van der Waals surface area (Å²) >= 11 is 0. The molecule has 2 atom stereocenters. The van der Waals surface area contributed by atoms with Crippen molar-refractivity contribution < 1.29 is 4.79 Å². The molecule has 3 fully saturated rings. The average molecular weight is 391 g/mol. The smallest absolute Gasteiger partial charge is 0.229 e. The summed E-state index contributed by atoms with van der Waals surface area (Å²) in [4.78, 5) is 18.7.